The molecule has 4 aromatic rings. The lowest BCUT2D eigenvalue weighted by atomic mass is 9.79. The van der Waals surface area contributed by atoms with Crippen molar-refractivity contribution < 1.29 is 38.1 Å². The SMILES string of the molecule is COc1ccc(COC(=O)[C@@](C)(C(=O)Sc2ccc(OC)cc2)[C@@H](NC(=O)OCc2ccccc2)c2ccc(OC)cc2)cc1. The Balaban J connectivity index is 1.68. The number of hydrogen-bond acceptors (Lipinski definition) is 9. The number of carbonyl (C=O) groups is 3. The molecule has 0 aliphatic rings. The summed E-state index contributed by atoms with van der Waals surface area (Å²) in [6.07, 6.45) is -0.809. The summed E-state index contributed by atoms with van der Waals surface area (Å²) in [6, 6.07) is 28.6. The zero-order valence-electron chi connectivity index (χ0n) is 25.5. The first kappa shape index (κ1) is 32.9. The summed E-state index contributed by atoms with van der Waals surface area (Å²) in [5, 5.41) is 2.24. The fourth-order valence-corrected chi connectivity index (χ4v) is 5.34. The van der Waals surface area contributed by atoms with Crippen molar-refractivity contribution in [1.29, 1.82) is 0 Å². The van der Waals surface area contributed by atoms with Crippen LogP contribution in [-0.4, -0.2) is 38.5 Å². The molecule has 0 aliphatic heterocycles. The lowest BCUT2D eigenvalue weighted by molar-refractivity contribution is -0.160. The molecule has 0 unspecified atom stereocenters. The van der Waals surface area contributed by atoms with E-state index >= 15 is 0 Å². The van der Waals surface area contributed by atoms with Crippen molar-refractivity contribution in [3.05, 3.63) is 120 Å². The van der Waals surface area contributed by atoms with Crippen LogP contribution in [0, 0.1) is 5.41 Å². The van der Waals surface area contributed by atoms with Crippen LogP contribution in [0.1, 0.15) is 29.7 Å². The van der Waals surface area contributed by atoms with E-state index in [9.17, 15) is 14.4 Å². The maximum atomic E-state index is 14.2. The second-order valence-corrected chi connectivity index (χ2v) is 11.2. The topological polar surface area (TPSA) is 109 Å². The molecule has 45 heavy (non-hydrogen) atoms. The van der Waals surface area contributed by atoms with Crippen molar-refractivity contribution in [1.82, 2.24) is 5.32 Å². The van der Waals surface area contributed by atoms with E-state index in [1.54, 1.807) is 87.0 Å². The molecular weight excluding hydrogens is 594 g/mol. The van der Waals surface area contributed by atoms with Crippen LogP contribution in [-0.2, 0) is 32.3 Å². The Morgan fingerprint density at radius 3 is 1.71 bits per heavy atom. The van der Waals surface area contributed by atoms with Gasteiger partial charge in [-0.25, -0.2) is 4.79 Å². The molecule has 0 aromatic heterocycles. The highest BCUT2D eigenvalue weighted by atomic mass is 32.2. The molecule has 0 spiro atoms. The van der Waals surface area contributed by atoms with E-state index in [0.717, 1.165) is 17.3 Å². The first-order valence-corrected chi connectivity index (χ1v) is 14.9. The van der Waals surface area contributed by atoms with Crippen LogP contribution in [0.5, 0.6) is 17.2 Å². The fraction of sp³-hybridized carbons (Fsp3) is 0.229. The number of hydrogen-bond donors (Lipinski definition) is 1. The number of ether oxygens (including phenoxy) is 5. The number of thioether (sulfide) groups is 1. The van der Waals surface area contributed by atoms with Gasteiger partial charge in [0.1, 0.15) is 30.5 Å². The quantitative estimate of drug-likeness (QED) is 0.0976. The van der Waals surface area contributed by atoms with E-state index in [-0.39, 0.29) is 13.2 Å². The average molecular weight is 630 g/mol. The van der Waals surface area contributed by atoms with Crippen LogP contribution < -0.4 is 19.5 Å². The highest BCUT2D eigenvalue weighted by Gasteiger charge is 2.51. The van der Waals surface area contributed by atoms with Gasteiger partial charge in [-0.1, -0.05) is 66.4 Å². The van der Waals surface area contributed by atoms with Crippen LogP contribution in [0.2, 0.25) is 0 Å². The lowest BCUT2D eigenvalue weighted by Gasteiger charge is -2.34. The molecule has 0 heterocycles. The number of nitrogens with one attached hydrogen (secondary N) is 1. The van der Waals surface area contributed by atoms with Gasteiger partial charge in [-0.2, -0.15) is 0 Å². The maximum absolute atomic E-state index is 14.2. The molecule has 0 radical (unpaired) electrons. The maximum Gasteiger partial charge on any atom is 0.407 e. The summed E-state index contributed by atoms with van der Waals surface area (Å²) < 4.78 is 27.0. The van der Waals surface area contributed by atoms with E-state index in [0.29, 0.717) is 33.3 Å². The third-order valence-corrected chi connectivity index (χ3v) is 8.27. The number of amides is 1. The summed E-state index contributed by atoms with van der Waals surface area (Å²) >= 11 is 0.864. The predicted molar refractivity (Wildman–Crippen MR) is 170 cm³/mol. The Morgan fingerprint density at radius 1 is 0.667 bits per heavy atom. The number of rotatable bonds is 13. The molecule has 1 amide bonds. The third-order valence-electron chi connectivity index (χ3n) is 7.15. The largest absolute Gasteiger partial charge is 0.497 e. The number of methoxy groups -OCH3 is 3. The van der Waals surface area contributed by atoms with Gasteiger partial charge in [0.15, 0.2) is 5.41 Å². The Kier molecular flexibility index (Phi) is 11.5. The fourth-order valence-electron chi connectivity index (χ4n) is 4.44. The van der Waals surface area contributed by atoms with E-state index in [2.05, 4.69) is 5.32 Å². The van der Waals surface area contributed by atoms with Gasteiger partial charge >= 0.3 is 12.1 Å². The van der Waals surface area contributed by atoms with Crippen molar-refractivity contribution >= 4 is 28.9 Å². The van der Waals surface area contributed by atoms with Crippen LogP contribution in [0.15, 0.2) is 108 Å². The highest BCUT2D eigenvalue weighted by molar-refractivity contribution is 8.13. The summed E-state index contributed by atoms with van der Waals surface area (Å²) in [5.41, 5.74) is 0.0386. The first-order chi connectivity index (χ1) is 21.8. The highest BCUT2D eigenvalue weighted by Crippen LogP contribution is 2.42. The molecule has 0 bridgehead atoms. The average Bonchev–Trinajstić information content (AvgIpc) is 3.09. The zero-order chi connectivity index (χ0) is 32.2. The van der Waals surface area contributed by atoms with Crippen molar-refractivity contribution in [2.45, 2.75) is 31.1 Å². The van der Waals surface area contributed by atoms with Crippen molar-refractivity contribution in [2.75, 3.05) is 21.3 Å². The van der Waals surface area contributed by atoms with Crippen LogP contribution in [0.3, 0.4) is 0 Å². The molecule has 0 aliphatic carbocycles. The molecule has 2 atom stereocenters. The van der Waals surface area contributed by atoms with Gasteiger partial charge < -0.3 is 29.0 Å². The zero-order valence-corrected chi connectivity index (χ0v) is 26.3. The summed E-state index contributed by atoms with van der Waals surface area (Å²) in [5.74, 6) is 1.01. The molecule has 0 saturated carbocycles. The molecule has 9 nitrogen and oxygen atoms in total. The van der Waals surface area contributed by atoms with Gasteiger partial charge in [0.25, 0.3) is 0 Å². The molecule has 4 rings (SSSR count). The van der Waals surface area contributed by atoms with Crippen LogP contribution >= 0.6 is 11.8 Å². The minimum atomic E-state index is -1.91. The smallest absolute Gasteiger partial charge is 0.407 e. The summed E-state index contributed by atoms with van der Waals surface area (Å²) in [4.78, 5) is 42.1. The van der Waals surface area contributed by atoms with Gasteiger partial charge in [-0.05, 0) is 72.1 Å². The Hall–Kier alpha value is -4.96. The number of benzene rings is 4. The van der Waals surface area contributed by atoms with Crippen LogP contribution in [0.4, 0.5) is 4.79 Å². The van der Waals surface area contributed by atoms with E-state index in [1.165, 1.54) is 14.0 Å². The monoisotopic (exact) mass is 629 g/mol. The van der Waals surface area contributed by atoms with Gasteiger partial charge in [-0.15, -0.1) is 0 Å². The molecule has 0 saturated heterocycles. The summed E-state index contributed by atoms with van der Waals surface area (Å²) in [6.45, 7) is 1.36. The summed E-state index contributed by atoms with van der Waals surface area (Å²) in [7, 11) is 4.64. The molecule has 10 heteroatoms. The van der Waals surface area contributed by atoms with E-state index in [1.807, 2.05) is 30.3 Å². The minimum absolute atomic E-state index is 0.00478. The number of alkyl carbamates (subject to hydrolysis) is 1. The second-order valence-electron chi connectivity index (χ2n) is 10.1. The molecule has 234 valence electrons. The number of carbonyl (C=O) groups excluding carboxylic acids is 3. The van der Waals surface area contributed by atoms with Crippen molar-refractivity contribution in [3.8, 4) is 17.2 Å². The van der Waals surface area contributed by atoms with Crippen molar-refractivity contribution in [2.24, 2.45) is 5.41 Å². The van der Waals surface area contributed by atoms with Gasteiger partial charge in [0.05, 0.1) is 27.4 Å². The number of esters is 1. The Morgan fingerprint density at radius 2 is 1.16 bits per heavy atom. The van der Waals surface area contributed by atoms with Gasteiger partial charge in [0.2, 0.25) is 5.12 Å². The molecule has 4 aromatic carbocycles. The Labute approximate surface area is 266 Å². The molecule has 0 fully saturated rings. The van der Waals surface area contributed by atoms with Crippen LogP contribution in [0.25, 0.3) is 0 Å². The second kappa shape index (κ2) is 15.7. The first-order valence-electron chi connectivity index (χ1n) is 14.0. The molecule has 1 N–H and O–H groups in total. The lowest BCUT2D eigenvalue weighted by Crippen LogP contribution is -2.49. The standard InChI is InChI=1S/C35H35NO8S/c1-35(33(38)45-30-20-18-29(42-4)19-21-30,32(37)43-22-25-10-14-27(40-2)15-11-25)31(26-12-16-28(41-3)17-13-26)36-34(39)44-23-24-8-6-5-7-9-24/h5-21,31H,22-23H2,1-4H3,(H,36,39)/t31-,35-/m0/s1. The Bertz CT molecular complexity index is 1560. The minimum Gasteiger partial charge on any atom is -0.497 e. The molecular formula is C35H35NO8S. The van der Waals surface area contributed by atoms with Crippen molar-refractivity contribution in [3.63, 3.8) is 0 Å². The van der Waals surface area contributed by atoms with Gasteiger partial charge in [-0.3, -0.25) is 9.59 Å². The predicted octanol–water partition coefficient (Wildman–Crippen LogP) is 6.75. The normalized spacial score (nSPS) is 12.6. The van der Waals surface area contributed by atoms with E-state index in [4.69, 9.17) is 23.7 Å². The third kappa shape index (κ3) is 8.57. The van der Waals surface area contributed by atoms with Gasteiger partial charge in [0, 0.05) is 4.90 Å². The van der Waals surface area contributed by atoms with E-state index < -0.39 is 28.6 Å².